The van der Waals surface area contributed by atoms with Crippen LogP contribution in [-0.2, 0) is 0 Å². The lowest BCUT2D eigenvalue weighted by atomic mass is 10.1. The van der Waals surface area contributed by atoms with E-state index in [1.54, 1.807) is 11.8 Å². The highest BCUT2D eigenvalue weighted by Gasteiger charge is 2.04. The van der Waals surface area contributed by atoms with Crippen LogP contribution in [0.5, 0.6) is 0 Å². The lowest BCUT2D eigenvalue weighted by molar-refractivity contribution is 1.05. The van der Waals surface area contributed by atoms with Crippen molar-refractivity contribution in [2.45, 2.75) is 32.3 Å². The van der Waals surface area contributed by atoms with Gasteiger partial charge in [-0.3, -0.25) is 0 Å². The third kappa shape index (κ3) is 2.17. The predicted octanol–water partition coefficient (Wildman–Crippen LogP) is 3.68. The molecule has 2 aromatic rings. The number of thioether (sulfide) groups is 1. The summed E-state index contributed by atoms with van der Waals surface area (Å²) < 4.78 is 0. The van der Waals surface area contributed by atoms with Gasteiger partial charge in [-0.05, 0) is 43.5 Å². The number of aromatic amines is 1. The van der Waals surface area contributed by atoms with Crippen molar-refractivity contribution < 1.29 is 0 Å². The van der Waals surface area contributed by atoms with Crippen LogP contribution in [0.4, 0.5) is 0 Å². The summed E-state index contributed by atoms with van der Waals surface area (Å²) in [6.07, 6.45) is 1.18. The van der Waals surface area contributed by atoms with E-state index in [1.165, 1.54) is 17.5 Å². The zero-order valence-corrected chi connectivity index (χ0v) is 10.2. The molecule has 0 saturated carbocycles. The predicted molar refractivity (Wildman–Crippen MR) is 66.6 cm³/mol. The number of fused-ring (bicyclic) bond motifs is 1. The molecular weight excluding hydrogens is 204 g/mol. The summed E-state index contributed by atoms with van der Waals surface area (Å²) in [6.45, 7) is 6.45. The van der Waals surface area contributed by atoms with Crippen molar-refractivity contribution in [3.05, 3.63) is 23.3 Å². The molecule has 0 aliphatic carbocycles. The van der Waals surface area contributed by atoms with Gasteiger partial charge in [-0.25, -0.2) is 4.98 Å². The van der Waals surface area contributed by atoms with E-state index in [1.807, 2.05) is 0 Å². The van der Waals surface area contributed by atoms with Crippen molar-refractivity contribution in [3.63, 3.8) is 0 Å². The maximum absolute atomic E-state index is 4.56. The van der Waals surface area contributed by atoms with E-state index in [4.69, 9.17) is 0 Å². The number of benzene rings is 1. The normalized spacial score (nSPS) is 11.1. The molecule has 2 rings (SSSR count). The van der Waals surface area contributed by atoms with Crippen molar-refractivity contribution in [1.29, 1.82) is 0 Å². The second kappa shape index (κ2) is 4.27. The highest BCUT2D eigenvalue weighted by Crippen LogP contribution is 2.22. The van der Waals surface area contributed by atoms with E-state index in [9.17, 15) is 0 Å². The fourth-order valence-corrected chi connectivity index (χ4v) is 2.26. The van der Waals surface area contributed by atoms with Gasteiger partial charge < -0.3 is 4.98 Å². The summed E-state index contributed by atoms with van der Waals surface area (Å²) in [6, 6.07) is 4.32. The summed E-state index contributed by atoms with van der Waals surface area (Å²) >= 11 is 1.79. The second-order valence-corrected chi connectivity index (χ2v) is 4.93. The molecule has 1 aromatic carbocycles. The number of imidazole rings is 1. The summed E-state index contributed by atoms with van der Waals surface area (Å²) in [4.78, 5) is 7.91. The van der Waals surface area contributed by atoms with Gasteiger partial charge in [0.2, 0.25) is 0 Å². The van der Waals surface area contributed by atoms with Crippen LogP contribution >= 0.6 is 11.8 Å². The molecule has 0 radical (unpaired) electrons. The Kier molecular flexibility index (Phi) is 3.00. The number of aromatic nitrogens is 2. The van der Waals surface area contributed by atoms with Crippen LogP contribution in [0.15, 0.2) is 17.3 Å². The van der Waals surface area contributed by atoms with Gasteiger partial charge in [0.25, 0.3) is 0 Å². The molecule has 0 saturated heterocycles. The SMILES string of the molecule is CCCSc1nc2cc(C)c(C)cc2[nH]1. The first-order chi connectivity index (χ1) is 7.20. The summed E-state index contributed by atoms with van der Waals surface area (Å²) in [5.41, 5.74) is 4.85. The molecule has 0 aliphatic heterocycles. The van der Waals surface area contributed by atoms with Crippen LogP contribution in [0.25, 0.3) is 11.0 Å². The Balaban J connectivity index is 2.38. The Hall–Kier alpha value is -0.960. The summed E-state index contributed by atoms with van der Waals surface area (Å²) in [7, 11) is 0. The van der Waals surface area contributed by atoms with Crippen LogP contribution in [0.2, 0.25) is 0 Å². The Morgan fingerprint density at radius 1 is 1.27 bits per heavy atom. The van der Waals surface area contributed by atoms with Crippen molar-refractivity contribution in [3.8, 4) is 0 Å². The fraction of sp³-hybridized carbons (Fsp3) is 0.417. The lowest BCUT2D eigenvalue weighted by Gasteiger charge is -1.97. The Morgan fingerprint density at radius 2 is 2.00 bits per heavy atom. The maximum Gasteiger partial charge on any atom is 0.166 e. The minimum Gasteiger partial charge on any atom is -0.333 e. The molecule has 15 heavy (non-hydrogen) atoms. The van der Waals surface area contributed by atoms with Crippen molar-refractivity contribution in [1.82, 2.24) is 9.97 Å². The maximum atomic E-state index is 4.56. The van der Waals surface area contributed by atoms with Crippen LogP contribution in [-0.4, -0.2) is 15.7 Å². The van der Waals surface area contributed by atoms with E-state index >= 15 is 0 Å². The highest BCUT2D eigenvalue weighted by atomic mass is 32.2. The molecule has 3 heteroatoms. The van der Waals surface area contributed by atoms with Gasteiger partial charge in [0, 0.05) is 5.75 Å². The van der Waals surface area contributed by atoms with Gasteiger partial charge in [0.05, 0.1) is 11.0 Å². The first-order valence-corrected chi connectivity index (χ1v) is 6.29. The largest absolute Gasteiger partial charge is 0.333 e. The van der Waals surface area contributed by atoms with Crippen LogP contribution < -0.4 is 0 Å². The second-order valence-electron chi connectivity index (χ2n) is 3.84. The minimum atomic E-state index is 1.04. The van der Waals surface area contributed by atoms with E-state index < -0.39 is 0 Å². The lowest BCUT2D eigenvalue weighted by Crippen LogP contribution is -1.79. The zero-order chi connectivity index (χ0) is 10.8. The molecule has 0 unspecified atom stereocenters. The Labute approximate surface area is 94.5 Å². The molecule has 0 spiro atoms. The van der Waals surface area contributed by atoms with Gasteiger partial charge >= 0.3 is 0 Å². The molecule has 0 aliphatic rings. The highest BCUT2D eigenvalue weighted by molar-refractivity contribution is 7.99. The van der Waals surface area contributed by atoms with E-state index in [0.29, 0.717) is 0 Å². The molecule has 0 fully saturated rings. The fourth-order valence-electron chi connectivity index (χ4n) is 1.51. The molecule has 1 N–H and O–H groups in total. The third-order valence-corrected chi connectivity index (χ3v) is 3.60. The smallest absolute Gasteiger partial charge is 0.166 e. The Bertz CT molecular complexity index is 435. The molecule has 1 aromatic heterocycles. The third-order valence-electron chi connectivity index (χ3n) is 2.52. The van der Waals surface area contributed by atoms with Crippen LogP contribution in [0, 0.1) is 13.8 Å². The number of nitrogens with zero attached hydrogens (tertiary/aromatic N) is 1. The molecule has 0 bridgehead atoms. The monoisotopic (exact) mass is 220 g/mol. The van der Waals surface area contributed by atoms with Crippen LogP contribution in [0.3, 0.4) is 0 Å². The van der Waals surface area contributed by atoms with Crippen LogP contribution in [0.1, 0.15) is 24.5 Å². The molecular formula is C12H16N2S. The van der Waals surface area contributed by atoms with Crippen molar-refractivity contribution in [2.75, 3.05) is 5.75 Å². The minimum absolute atomic E-state index is 1.04. The van der Waals surface area contributed by atoms with Crippen molar-refractivity contribution in [2.24, 2.45) is 0 Å². The molecule has 0 atom stereocenters. The molecule has 80 valence electrons. The zero-order valence-electron chi connectivity index (χ0n) is 9.42. The number of nitrogens with one attached hydrogen (secondary N) is 1. The standard InChI is InChI=1S/C12H16N2S/c1-4-5-15-12-13-10-6-8(2)9(3)7-11(10)14-12/h6-7H,4-5H2,1-3H3,(H,13,14). The number of H-pyrrole nitrogens is 1. The van der Waals surface area contributed by atoms with Gasteiger partial charge in [-0.1, -0.05) is 18.7 Å². The number of hydrogen-bond donors (Lipinski definition) is 1. The molecule has 0 amide bonds. The first-order valence-electron chi connectivity index (χ1n) is 5.30. The van der Waals surface area contributed by atoms with E-state index in [2.05, 4.69) is 42.9 Å². The van der Waals surface area contributed by atoms with Gasteiger partial charge in [-0.15, -0.1) is 0 Å². The van der Waals surface area contributed by atoms with Crippen molar-refractivity contribution >= 4 is 22.8 Å². The molecule has 1 heterocycles. The van der Waals surface area contributed by atoms with Gasteiger partial charge in [0.1, 0.15) is 0 Å². The average molecular weight is 220 g/mol. The number of aryl methyl sites for hydroxylation is 2. The van der Waals surface area contributed by atoms with Gasteiger partial charge in [0.15, 0.2) is 5.16 Å². The quantitative estimate of drug-likeness (QED) is 0.799. The molecule has 2 nitrogen and oxygen atoms in total. The Morgan fingerprint density at radius 3 is 2.73 bits per heavy atom. The van der Waals surface area contributed by atoms with Gasteiger partial charge in [-0.2, -0.15) is 0 Å². The number of rotatable bonds is 3. The van der Waals surface area contributed by atoms with E-state index in [0.717, 1.165) is 21.9 Å². The first kappa shape index (κ1) is 10.6. The topological polar surface area (TPSA) is 28.7 Å². The summed E-state index contributed by atoms with van der Waals surface area (Å²) in [5, 5.41) is 1.04. The number of hydrogen-bond acceptors (Lipinski definition) is 2. The average Bonchev–Trinajstić information content (AvgIpc) is 2.58. The van der Waals surface area contributed by atoms with E-state index in [-0.39, 0.29) is 0 Å². The summed E-state index contributed by atoms with van der Waals surface area (Å²) in [5.74, 6) is 1.12.